The minimum atomic E-state index is -0.329. The van der Waals surface area contributed by atoms with Gasteiger partial charge >= 0.3 is 0 Å². The minimum absolute atomic E-state index is 0.0116. The molecule has 0 spiro atoms. The van der Waals surface area contributed by atoms with E-state index >= 15 is 0 Å². The molecule has 0 saturated carbocycles. The van der Waals surface area contributed by atoms with Crippen LogP contribution in [-0.4, -0.2) is 51.1 Å². The Morgan fingerprint density at radius 1 is 0.931 bits per heavy atom. The zero-order valence-electron chi connectivity index (χ0n) is 16.1. The van der Waals surface area contributed by atoms with Crippen molar-refractivity contribution in [2.75, 3.05) is 44.6 Å². The summed E-state index contributed by atoms with van der Waals surface area (Å²) in [5.74, 6) is -0.406. The second-order valence-electron chi connectivity index (χ2n) is 7.32. The second-order valence-corrected chi connectivity index (χ2v) is 7.75. The second kappa shape index (κ2) is 10.3. The fourth-order valence-electron chi connectivity index (χ4n) is 3.41. The van der Waals surface area contributed by atoms with Gasteiger partial charge in [0.25, 0.3) is 11.8 Å². The van der Waals surface area contributed by atoms with Crippen LogP contribution in [0.4, 0.5) is 10.1 Å². The van der Waals surface area contributed by atoms with E-state index in [0.717, 1.165) is 31.7 Å². The van der Waals surface area contributed by atoms with Crippen LogP contribution in [0.2, 0.25) is 5.02 Å². The average Bonchev–Trinajstić information content (AvgIpc) is 2.70. The zero-order valence-corrected chi connectivity index (χ0v) is 16.9. The highest BCUT2D eigenvalue weighted by Crippen LogP contribution is 2.10. The van der Waals surface area contributed by atoms with Crippen molar-refractivity contribution < 1.29 is 23.8 Å². The summed E-state index contributed by atoms with van der Waals surface area (Å²) in [6.45, 7) is 4.59. The Morgan fingerprint density at radius 2 is 1.55 bits per heavy atom. The fourth-order valence-corrected chi connectivity index (χ4v) is 3.63. The minimum Gasteiger partial charge on any atom is -0.347 e. The Morgan fingerprint density at radius 3 is 2.17 bits per heavy atom. The fraction of sp³-hybridized carbons (Fsp3) is 0.333. The summed E-state index contributed by atoms with van der Waals surface area (Å²) >= 11 is 5.95. The number of hydrogen-bond acceptors (Lipinski definition) is 2. The van der Waals surface area contributed by atoms with Crippen LogP contribution in [-0.2, 0) is 16.1 Å². The number of halogens is 2. The average molecular weight is 421 g/mol. The third-order valence-electron chi connectivity index (χ3n) is 4.99. The van der Waals surface area contributed by atoms with Gasteiger partial charge in [-0.2, -0.15) is 0 Å². The smallest absolute Gasteiger partial charge is 0.279 e. The van der Waals surface area contributed by atoms with E-state index in [4.69, 9.17) is 11.6 Å². The highest BCUT2D eigenvalue weighted by molar-refractivity contribution is 6.30. The molecule has 1 heterocycles. The quantitative estimate of drug-likeness (QED) is 0.489. The van der Waals surface area contributed by atoms with Gasteiger partial charge in [-0.05, 0) is 42.0 Å². The van der Waals surface area contributed by atoms with Crippen LogP contribution in [0.15, 0.2) is 48.5 Å². The van der Waals surface area contributed by atoms with Crippen molar-refractivity contribution in [2.24, 2.45) is 0 Å². The van der Waals surface area contributed by atoms with E-state index in [-0.39, 0.29) is 17.6 Å². The third kappa shape index (κ3) is 7.12. The number of benzene rings is 2. The largest absolute Gasteiger partial charge is 0.347 e. The van der Waals surface area contributed by atoms with Crippen LogP contribution in [0, 0.1) is 5.82 Å². The molecule has 0 atom stereocenters. The number of carbonyl (C=O) groups is 2. The van der Waals surface area contributed by atoms with Gasteiger partial charge in [0.1, 0.15) is 32.0 Å². The SMILES string of the molecule is O=C(C[NH+]1CC[NH+](CC(=O)Nc2ccc(F)cc2)CC1)NCc1cccc(Cl)c1. The van der Waals surface area contributed by atoms with Crippen molar-refractivity contribution in [3.63, 3.8) is 0 Å². The molecular formula is C21H26ClFN4O2+2. The van der Waals surface area contributed by atoms with Crippen LogP contribution < -0.4 is 20.4 Å². The molecule has 2 aromatic carbocycles. The van der Waals surface area contributed by atoms with Crippen molar-refractivity contribution in [3.8, 4) is 0 Å². The lowest BCUT2D eigenvalue weighted by molar-refractivity contribution is -1.00. The van der Waals surface area contributed by atoms with Crippen molar-refractivity contribution >= 4 is 29.1 Å². The third-order valence-corrected chi connectivity index (χ3v) is 5.23. The summed E-state index contributed by atoms with van der Waals surface area (Å²) in [6, 6.07) is 13.2. The lowest BCUT2D eigenvalue weighted by atomic mass is 10.2. The Kier molecular flexibility index (Phi) is 7.57. The molecule has 6 nitrogen and oxygen atoms in total. The molecule has 1 fully saturated rings. The number of rotatable bonds is 7. The van der Waals surface area contributed by atoms with Gasteiger partial charge in [0, 0.05) is 17.3 Å². The first kappa shape index (κ1) is 21.2. The van der Waals surface area contributed by atoms with Crippen molar-refractivity contribution in [3.05, 3.63) is 64.9 Å². The molecule has 0 unspecified atom stereocenters. The maximum absolute atomic E-state index is 12.9. The predicted molar refractivity (Wildman–Crippen MR) is 109 cm³/mol. The van der Waals surface area contributed by atoms with Gasteiger partial charge < -0.3 is 20.4 Å². The summed E-state index contributed by atoms with van der Waals surface area (Å²) in [7, 11) is 0. The van der Waals surface area contributed by atoms with E-state index < -0.39 is 0 Å². The Hall–Kier alpha value is -2.48. The van der Waals surface area contributed by atoms with Crippen LogP contribution >= 0.6 is 11.6 Å². The monoisotopic (exact) mass is 420 g/mol. The molecule has 1 aliphatic rings. The Bertz CT molecular complexity index is 839. The Labute approximate surface area is 174 Å². The van der Waals surface area contributed by atoms with E-state index in [1.807, 2.05) is 18.2 Å². The molecule has 0 bridgehead atoms. The Balaban J connectivity index is 1.34. The van der Waals surface area contributed by atoms with Crippen LogP contribution in [0.25, 0.3) is 0 Å². The molecule has 0 aliphatic carbocycles. The molecule has 0 radical (unpaired) electrons. The number of carbonyl (C=O) groups excluding carboxylic acids is 2. The topological polar surface area (TPSA) is 67.1 Å². The van der Waals surface area contributed by atoms with Crippen molar-refractivity contribution in [2.45, 2.75) is 6.54 Å². The molecule has 1 saturated heterocycles. The first-order valence-electron chi connectivity index (χ1n) is 9.71. The maximum Gasteiger partial charge on any atom is 0.279 e. The van der Waals surface area contributed by atoms with Gasteiger partial charge in [-0.25, -0.2) is 4.39 Å². The van der Waals surface area contributed by atoms with Gasteiger partial charge in [0.2, 0.25) is 0 Å². The highest BCUT2D eigenvalue weighted by Gasteiger charge is 2.26. The van der Waals surface area contributed by atoms with Crippen LogP contribution in [0.3, 0.4) is 0 Å². The number of quaternary nitrogens is 2. The lowest BCUT2D eigenvalue weighted by Crippen LogP contribution is -3.28. The zero-order chi connectivity index (χ0) is 20.6. The van der Waals surface area contributed by atoms with Gasteiger partial charge in [0.15, 0.2) is 13.1 Å². The van der Waals surface area contributed by atoms with Crippen LogP contribution in [0.1, 0.15) is 5.56 Å². The number of piperazine rings is 1. The molecule has 1 aliphatic heterocycles. The summed E-state index contributed by atoms with van der Waals surface area (Å²) in [6.07, 6.45) is 0. The standard InChI is InChI=1S/C21H24ClFN4O2/c22-17-3-1-2-16(12-17)13-24-20(28)14-26-8-10-27(11-9-26)15-21(29)25-19-6-4-18(23)5-7-19/h1-7,12H,8-11,13-15H2,(H,24,28)(H,25,29)/p+2. The van der Waals surface area contributed by atoms with E-state index in [9.17, 15) is 14.0 Å². The van der Waals surface area contributed by atoms with E-state index in [0.29, 0.717) is 30.3 Å². The van der Waals surface area contributed by atoms with Gasteiger partial charge in [-0.15, -0.1) is 0 Å². The first-order valence-corrected chi connectivity index (χ1v) is 10.1. The molecule has 0 aromatic heterocycles. The van der Waals surface area contributed by atoms with E-state index in [2.05, 4.69) is 10.6 Å². The number of nitrogens with one attached hydrogen (secondary N) is 4. The van der Waals surface area contributed by atoms with Crippen molar-refractivity contribution in [1.82, 2.24) is 5.32 Å². The molecule has 3 rings (SSSR count). The van der Waals surface area contributed by atoms with Gasteiger partial charge in [-0.1, -0.05) is 23.7 Å². The number of amides is 2. The number of hydrogen-bond donors (Lipinski definition) is 4. The van der Waals surface area contributed by atoms with Gasteiger partial charge in [0.05, 0.1) is 0 Å². The normalized spacial score (nSPS) is 18.8. The summed E-state index contributed by atoms with van der Waals surface area (Å²) in [4.78, 5) is 26.8. The summed E-state index contributed by atoms with van der Waals surface area (Å²) in [5.41, 5.74) is 1.57. The van der Waals surface area contributed by atoms with E-state index in [1.165, 1.54) is 21.9 Å². The molecule has 2 aromatic rings. The van der Waals surface area contributed by atoms with Crippen LogP contribution in [0.5, 0.6) is 0 Å². The molecule has 29 heavy (non-hydrogen) atoms. The molecule has 2 amide bonds. The predicted octanol–water partition coefficient (Wildman–Crippen LogP) is -0.483. The summed E-state index contributed by atoms with van der Waals surface area (Å²) in [5, 5.41) is 6.38. The van der Waals surface area contributed by atoms with Crippen molar-refractivity contribution in [1.29, 1.82) is 0 Å². The molecular weight excluding hydrogens is 395 g/mol. The van der Waals surface area contributed by atoms with Gasteiger partial charge in [-0.3, -0.25) is 9.59 Å². The molecule has 154 valence electrons. The lowest BCUT2D eigenvalue weighted by Gasteiger charge is -2.29. The number of anilines is 1. The molecule has 8 heteroatoms. The van der Waals surface area contributed by atoms with E-state index in [1.54, 1.807) is 18.2 Å². The first-order chi connectivity index (χ1) is 14.0. The molecule has 4 N–H and O–H groups in total. The maximum atomic E-state index is 12.9. The summed E-state index contributed by atoms with van der Waals surface area (Å²) < 4.78 is 12.9. The highest BCUT2D eigenvalue weighted by atomic mass is 35.5.